The first-order valence-corrected chi connectivity index (χ1v) is 9.27. The smallest absolute Gasteiger partial charge is 0.432 e. The molecule has 0 aliphatic rings. The summed E-state index contributed by atoms with van der Waals surface area (Å²) >= 11 is 0. The van der Waals surface area contributed by atoms with E-state index in [1.165, 1.54) is 12.1 Å². The van der Waals surface area contributed by atoms with Gasteiger partial charge in [-0.3, -0.25) is 4.18 Å². The second-order valence-corrected chi connectivity index (χ2v) is 7.82. The zero-order chi connectivity index (χ0) is 22.2. The summed E-state index contributed by atoms with van der Waals surface area (Å²) in [5.41, 5.74) is 0.684. The molecule has 0 heterocycles. The van der Waals surface area contributed by atoms with Crippen molar-refractivity contribution in [3.8, 4) is 0 Å². The van der Waals surface area contributed by atoms with Gasteiger partial charge in [0.25, 0.3) is 6.10 Å². The van der Waals surface area contributed by atoms with E-state index in [4.69, 9.17) is 0 Å². The lowest BCUT2D eigenvalue weighted by molar-refractivity contribution is -0.248. The monoisotopic (exact) mass is 438 g/mol. The summed E-state index contributed by atoms with van der Waals surface area (Å²) in [5.74, 6) is -1.78. The molecular formula is C18H15F5O5S. The predicted molar refractivity (Wildman–Crippen MR) is 94.8 cm³/mol. The Hall–Kier alpha value is -2.53. The fourth-order valence-corrected chi connectivity index (χ4v) is 3.12. The van der Waals surface area contributed by atoms with Gasteiger partial charge in [0.1, 0.15) is 0 Å². The topological polar surface area (TPSA) is 69.7 Å². The first-order valence-electron chi connectivity index (χ1n) is 7.86. The first-order chi connectivity index (χ1) is 13.2. The highest BCUT2D eigenvalue weighted by Gasteiger charge is 2.66. The second-order valence-electron chi connectivity index (χ2n) is 6.03. The van der Waals surface area contributed by atoms with Crippen molar-refractivity contribution in [3.63, 3.8) is 0 Å². The number of esters is 1. The van der Waals surface area contributed by atoms with Crippen LogP contribution >= 0.6 is 0 Å². The SMILES string of the molecule is C=C(C)c1ccc2cccc(C(=O)OC(C(F)(F)F)C(F)(F)S(=O)(=O)OC)c2c1. The van der Waals surface area contributed by atoms with Crippen LogP contribution in [0.25, 0.3) is 16.3 Å². The fraction of sp³-hybridized carbons (Fsp3) is 0.278. The van der Waals surface area contributed by atoms with E-state index in [0.29, 0.717) is 16.5 Å². The maximum Gasteiger partial charge on any atom is 0.432 e. The molecule has 0 fully saturated rings. The molecule has 11 heteroatoms. The van der Waals surface area contributed by atoms with E-state index >= 15 is 0 Å². The lowest BCUT2D eigenvalue weighted by Gasteiger charge is -2.27. The number of carbonyl (C=O) groups excluding carboxylic acids is 1. The first kappa shape index (κ1) is 22.8. The third-order valence-electron chi connectivity index (χ3n) is 3.98. The van der Waals surface area contributed by atoms with E-state index in [0.717, 1.165) is 6.07 Å². The van der Waals surface area contributed by atoms with Gasteiger partial charge >= 0.3 is 27.5 Å². The van der Waals surface area contributed by atoms with Crippen LogP contribution < -0.4 is 0 Å². The molecule has 0 amide bonds. The number of hydrogen-bond acceptors (Lipinski definition) is 5. The summed E-state index contributed by atoms with van der Waals surface area (Å²) in [6.45, 7) is 5.36. The maximum absolute atomic E-state index is 14.0. The number of rotatable bonds is 6. The molecule has 0 aliphatic carbocycles. The minimum atomic E-state index is -6.01. The summed E-state index contributed by atoms with van der Waals surface area (Å²) in [6, 6.07) is 8.56. The van der Waals surface area contributed by atoms with E-state index < -0.39 is 39.2 Å². The average molecular weight is 438 g/mol. The van der Waals surface area contributed by atoms with E-state index in [1.54, 1.807) is 25.1 Å². The molecule has 0 spiro atoms. The Labute approximate surface area is 162 Å². The molecule has 158 valence electrons. The van der Waals surface area contributed by atoms with Crippen molar-refractivity contribution >= 4 is 32.4 Å². The van der Waals surface area contributed by atoms with Gasteiger partial charge in [-0.1, -0.05) is 36.4 Å². The van der Waals surface area contributed by atoms with E-state index in [9.17, 15) is 35.2 Å². The summed E-state index contributed by atoms with van der Waals surface area (Å²) in [5, 5.41) is -5.02. The number of hydrogen-bond donors (Lipinski definition) is 0. The van der Waals surface area contributed by atoms with Crippen molar-refractivity contribution in [1.82, 2.24) is 0 Å². The molecule has 5 nitrogen and oxygen atoms in total. The number of halogens is 5. The molecule has 0 aromatic heterocycles. The third kappa shape index (κ3) is 4.40. The van der Waals surface area contributed by atoms with Crippen LogP contribution in [0.2, 0.25) is 0 Å². The van der Waals surface area contributed by atoms with Crippen LogP contribution in [-0.4, -0.2) is 39.0 Å². The van der Waals surface area contributed by atoms with Gasteiger partial charge in [-0.15, -0.1) is 0 Å². The van der Waals surface area contributed by atoms with Crippen LogP contribution in [0.1, 0.15) is 22.8 Å². The zero-order valence-electron chi connectivity index (χ0n) is 15.1. The van der Waals surface area contributed by atoms with Gasteiger partial charge in [-0.05, 0) is 35.4 Å². The van der Waals surface area contributed by atoms with Crippen molar-refractivity contribution in [2.45, 2.75) is 24.5 Å². The summed E-state index contributed by atoms with van der Waals surface area (Å²) < 4.78 is 97.5. The average Bonchev–Trinajstić information content (AvgIpc) is 2.63. The van der Waals surface area contributed by atoms with E-state index in [2.05, 4.69) is 15.5 Å². The Balaban J connectivity index is 2.56. The van der Waals surface area contributed by atoms with Crippen LogP contribution in [0.3, 0.4) is 0 Å². The highest BCUT2D eigenvalue weighted by molar-refractivity contribution is 7.87. The normalized spacial score (nSPS) is 13.9. The van der Waals surface area contributed by atoms with Gasteiger partial charge in [0.15, 0.2) is 0 Å². The number of fused-ring (bicyclic) bond motifs is 1. The fourth-order valence-electron chi connectivity index (χ4n) is 2.45. The lowest BCUT2D eigenvalue weighted by atomic mass is 9.99. The standard InChI is InChI=1S/C18H15F5O5S/c1-10(2)12-8-7-11-5-4-6-13(14(11)9-12)15(24)28-16(17(19,20)21)18(22,23)29(25,26)27-3/h4-9,16H,1H2,2-3H3. The van der Waals surface area contributed by atoms with Crippen LogP contribution in [-0.2, 0) is 19.0 Å². The van der Waals surface area contributed by atoms with Gasteiger partial charge in [0.05, 0.1) is 12.7 Å². The second kappa shape index (κ2) is 7.71. The van der Waals surface area contributed by atoms with Gasteiger partial charge in [0.2, 0.25) is 0 Å². The minimum Gasteiger partial charge on any atom is -0.441 e. The van der Waals surface area contributed by atoms with Crippen LogP contribution in [0.15, 0.2) is 43.0 Å². The van der Waals surface area contributed by atoms with Gasteiger partial charge < -0.3 is 4.74 Å². The van der Waals surface area contributed by atoms with E-state index in [-0.39, 0.29) is 12.5 Å². The molecule has 0 saturated heterocycles. The maximum atomic E-state index is 14.0. The highest BCUT2D eigenvalue weighted by Crippen LogP contribution is 2.39. The molecule has 0 bridgehead atoms. The van der Waals surface area contributed by atoms with E-state index in [1.807, 2.05) is 0 Å². The molecular weight excluding hydrogens is 423 g/mol. The predicted octanol–water partition coefficient (Wildman–Crippen LogP) is 4.53. The summed E-state index contributed by atoms with van der Waals surface area (Å²) in [6.07, 6.45) is -10.2. The molecule has 0 aliphatic heterocycles. The van der Waals surface area contributed by atoms with Crippen molar-refractivity contribution in [2.75, 3.05) is 7.11 Å². The molecule has 2 aromatic rings. The number of allylic oxidation sites excluding steroid dienone is 1. The molecule has 29 heavy (non-hydrogen) atoms. The van der Waals surface area contributed by atoms with Crippen LogP contribution in [0.4, 0.5) is 22.0 Å². The van der Waals surface area contributed by atoms with Crippen molar-refractivity contribution in [3.05, 3.63) is 54.1 Å². The van der Waals surface area contributed by atoms with Crippen molar-refractivity contribution in [1.29, 1.82) is 0 Å². The third-order valence-corrected chi connectivity index (χ3v) is 5.29. The van der Waals surface area contributed by atoms with Gasteiger partial charge in [-0.25, -0.2) is 4.79 Å². The Morgan fingerprint density at radius 2 is 1.72 bits per heavy atom. The molecule has 1 unspecified atom stereocenters. The molecule has 0 saturated carbocycles. The molecule has 0 N–H and O–H groups in total. The van der Waals surface area contributed by atoms with Crippen molar-refractivity contribution in [2.24, 2.45) is 0 Å². The number of alkyl halides is 5. The highest BCUT2D eigenvalue weighted by atomic mass is 32.2. The number of carbonyl (C=O) groups is 1. The Morgan fingerprint density at radius 3 is 2.24 bits per heavy atom. The molecule has 2 aromatic carbocycles. The lowest BCUT2D eigenvalue weighted by Crippen LogP contribution is -2.52. The summed E-state index contributed by atoms with van der Waals surface area (Å²) in [4.78, 5) is 12.3. The Kier molecular flexibility index (Phi) is 6.05. The van der Waals surface area contributed by atoms with Crippen LogP contribution in [0, 0.1) is 0 Å². The van der Waals surface area contributed by atoms with Gasteiger partial charge in [0, 0.05) is 0 Å². The number of benzene rings is 2. The van der Waals surface area contributed by atoms with Crippen molar-refractivity contribution < 1.29 is 44.1 Å². The van der Waals surface area contributed by atoms with Gasteiger partial charge in [-0.2, -0.15) is 30.4 Å². The quantitative estimate of drug-likeness (QED) is 0.377. The molecule has 0 radical (unpaired) electrons. The Bertz CT molecular complexity index is 1060. The molecule has 2 rings (SSSR count). The zero-order valence-corrected chi connectivity index (χ0v) is 15.9. The minimum absolute atomic E-state index is 0.122. The van der Waals surface area contributed by atoms with Crippen LogP contribution in [0.5, 0.6) is 0 Å². The Morgan fingerprint density at radius 1 is 1.10 bits per heavy atom. The largest absolute Gasteiger partial charge is 0.441 e. The molecule has 1 atom stereocenters. The summed E-state index contributed by atoms with van der Waals surface area (Å²) in [7, 11) is -5.74. The number of ether oxygens (including phenoxy) is 1.